The van der Waals surface area contributed by atoms with Crippen LogP contribution in [0.3, 0.4) is 0 Å². The Bertz CT molecular complexity index is 233. The van der Waals surface area contributed by atoms with Crippen molar-refractivity contribution in [3.05, 3.63) is 0 Å². The number of carbonyl (C=O) groups excluding carboxylic acids is 1. The second-order valence-corrected chi connectivity index (χ2v) is 6.23. The molecule has 0 aromatic rings. The lowest BCUT2D eigenvalue weighted by Crippen LogP contribution is -2.52. The molecule has 1 amide bonds. The summed E-state index contributed by atoms with van der Waals surface area (Å²) >= 11 is 1.90. The Morgan fingerprint density at radius 1 is 1.67 bits per heavy atom. The number of methoxy groups -OCH3 is 1. The van der Waals surface area contributed by atoms with E-state index in [0.29, 0.717) is 6.61 Å². The van der Waals surface area contributed by atoms with Gasteiger partial charge in [-0.1, -0.05) is 0 Å². The largest absolute Gasteiger partial charge is 0.383 e. The van der Waals surface area contributed by atoms with Gasteiger partial charge in [-0.3, -0.25) is 4.79 Å². The minimum atomic E-state index is -0.520. The van der Waals surface area contributed by atoms with E-state index in [0.717, 1.165) is 18.8 Å². The van der Waals surface area contributed by atoms with Gasteiger partial charge in [0, 0.05) is 30.7 Å². The molecule has 88 valence electrons. The number of nitrogens with zero attached hydrogens (tertiary/aromatic N) is 1. The second kappa shape index (κ2) is 5.18. The monoisotopic (exact) mass is 232 g/mol. The molecule has 1 heterocycles. The number of hydrogen-bond acceptors (Lipinski definition) is 4. The molecule has 0 saturated carbocycles. The zero-order chi connectivity index (χ0) is 11.5. The summed E-state index contributed by atoms with van der Waals surface area (Å²) < 4.78 is 5.03. The molecule has 1 unspecified atom stereocenters. The highest BCUT2D eigenvalue weighted by Gasteiger charge is 2.31. The quantitative estimate of drug-likeness (QED) is 0.761. The van der Waals surface area contributed by atoms with Gasteiger partial charge in [-0.2, -0.15) is 11.8 Å². The fourth-order valence-corrected chi connectivity index (χ4v) is 2.80. The van der Waals surface area contributed by atoms with Crippen LogP contribution in [0.2, 0.25) is 0 Å². The van der Waals surface area contributed by atoms with Crippen molar-refractivity contribution in [3.8, 4) is 0 Å². The third kappa shape index (κ3) is 3.66. The van der Waals surface area contributed by atoms with Crippen LogP contribution in [0.4, 0.5) is 0 Å². The van der Waals surface area contributed by atoms with Crippen LogP contribution in [-0.4, -0.2) is 54.2 Å². The zero-order valence-corrected chi connectivity index (χ0v) is 10.5. The first kappa shape index (κ1) is 12.8. The van der Waals surface area contributed by atoms with Crippen molar-refractivity contribution in [2.24, 2.45) is 5.73 Å². The summed E-state index contributed by atoms with van der Waals surface area (Å²) in [6, 6.07) is -0.520. The molecule has 0 radical (unpaired) electrons. The Hall–Kier alpha value is -0.260. The van der Waals surface area contributed by atoms with Gasteiger partial charge in [0.1, 0.15) is 6.04 Å². The van der Waals surface area contributed by atoms with Crippen LogP contribution in [0.25, 0.3) is 0 Å². The molecular weight excluding hydrogens is 212 g/mol. The fourth-order valence-electron chi connectivity index (χ4n) is 1.69. The van der Waals surface area contributed by atoms with Crippen LogP contribution in [0.15, 0.2) is 0 Å². The first-order valence-corrected chi connectivity index (χ1v) is 6.12. The normalized spacial score (nSPS) is 22.5. The summed E-state index contributed by atoms with van der Waals surface area (Å²) in [5, 5.41) is 0. The minimum absolute atomic E-state index is 0.00484. The lowest BCUT2D eigenvalue weighted by Gasteiger charge is -2.38. The first-order chi connectivity index (χ1) is 6.96. The van der Waals surface area contributed by atoms with E-state index >= 15 is 0 Å². The van der Waals surface area contributed by atoms with Crippen molar-refractivity contribution in [2.75, 3.05) is 32.6 Å². The van der Waals surface area contributed by atoms with E-state index in [-0.39, 0.29) is 10.7 Å². The maximum atomic E-state index is 11.9. The predicted molar refractivity (Wildman–Crippen MR) is 63.0 cm³/mol. The SMILES string of the molecule is COCC(N)C(=O)N1CCSC(C)(C)C1. The van der Waals surface area contributed by atoms with Crippen LogP contribution in [0.5, 0.6) is 0 Å². The summed E-state index contributed by atoms with van der Waals surface area (Å²) in [4.78, 5) is 13.7. The van der Waals surface area contributed by atoms with Crippen LogP contribution in [-0.2, 0) is 9.53 Å². The molecule has 2 N–H and O–H groups in total. The average Bonchev–Trinajstić information content (AvgIpc) is 2.15. The molecule has 0 aromatic heterocycles. The van der Waals surface area contributed by atoms with Gasteiger partial charge in [0.25, 0.3) is 0 Å². The van der Waals surface area contributed by atoms with E-state index in [4.69, 9.17) is 10.5 Å². The zero-order valence-electron chi connectivity index (χ0n) is 9.66. The van der Waals surface area contributed by atoms with E-state index in [9.17, 15) is 4.79 Å². The molecule has 4 nitrogen and oxygen atoms in total. The highest BCUT2D eigenvalue weighted by atomic mass is 32.2. The van der Waals surface area contributed by atoms with Crippen molar-refractivity contribution in [3.63, 3.8) is 0 Å². The third-order valence-electron chi connectivity index (χ3n) is 2.40. The van der Waals surface area contributed by atoms with Gasteiger partial charge in [0.05, 0.1) is 6.61 Å². The number of nitrogens with two attached hydrogens (primary N) is 1. The minimum Gasteiger partial charge on any atom is -0.383 e. The lowest BCUT2D eigenvalue weighted by molar-refractivity contribution is -0.134. The highest BCUT2D eigenvalue weighted by molar-refractivity contribution is 8.00. The van der Waals surface area contributed by atoms with Crippen LogP contribution in [0.1, 0.15) is 13.8 Å². The van der Waals surface area contributed by atoms with Gasteiger partial charge >= 0.3 is 0 Å². The molecule has 0 spiro atoms. The molecule has 1 rings (SSSR count). The molecule has 5 heteroatoms. The molecule has 1 aliphatic heterocycles. The number of amides is 1. The van der Waals surface area contributed by atoms with Gasteiger partial charge in [-0.15, -0.1) is 0 Å². The van der Waals surface area contributed by atoms with E-state index < -0.39 is 6.04 Å². The van der Waals surface area contributed by atoms with Gasteiger partial charge in [0.2, 0.25) is 5.91 Å². The number of ether oxygens (including phenoxy) is 1. The van der Waals surface area contributed by atoms with Gasteiger partial charge in [-0.05, 0) is 13.8 Å². The predicted octanol–water partition coefficient (Wildman–Crippen LogP) is 0.314. The maximum Gasteiger partial charge on any atom is 0.241 e. The Labute approximate surface area is 95.5 Å². The number of hydrogen-bond donors (Lipinski definition) is 1. The maximum absolute atomic E-state index is 11.9. The Morgan fingerprint density at radius 3 is 2.87 bits per heavy atom. The fraction of sp³-hybridized carbons (Fsp3) is 0.900. The van der Waals surface area contributed by atoms with Crippen molar-refractivity contribution in [2.45, 2.75) is 24.6 Å². The third-order valence-corrected chi connectivity index (χ3v) is 3.70. The topological polar surface area (TPSA) is 55.6 Å². The van der Waals surface area contributed by atoms with Crippen molar-refractivity contribution in [1.29, 1.82) is 0 Å². The number of rotatable bonds is 3. The summed E-state index contributed by atoms with van der Waals surface area (Å²) in [6.45, 7) is 6.17. The van der Waals surface area contributed by atoms with E-state index in [1.165, 1.54) is 0 Å². The second-order valence-electron chi connectivity index (χ2n) is 4.43. The number of thioether (sulfide) groups is 1. The Balaban J connectivity index is 2.52. The van der Waals surface area contributed by atoms with E-state index in [1.54, 1.807) is 7.11 Å². The molecule has 1 atom stereocenters. The number of carbonyl (C=O) groups is 1. The van der Waals surface area contributed by atoms with Crippen molar-refractivity contribution in [1.82, 2.24) is 4.90 Å². The Morgan fingerprint density at radius 2 is 2.33 bits per heavy atom. The van der Waals surface area contributed by atoms with Gasteiger partial charge in [0.15, 0.2) is 0 Å². The van der Waals surface area contributed by atoms with Crippen LogP contribution < -0.4 is 5.73 Å². The lowest BCUT2D eigenvalue weighted by atomic mass is 10.1. The summed E-state index contributed by atoms with van der Waals surface area (Å²) in [5.41, 5.74) is 5.72. The van der Waals surface area contributed by atoms with Crippen LogP contribution >= 0.6 is 11.8 Å². The molecule has 1 aliphatic rings. The summed E-state index contributed by atoms with van der Waals surface area (Å²) in [6.07, 6.45) is 0. The standard InChI is InChI=1S/C10H20N2O2S/c1-10(2)7-12(4-5-15-10)9(13)8(11)6-14-3/h8H,4-7,11H2,1-3H3. The molecule has 0 aromatic carbocycles. The average molecular weight is 232 g/mol. The van der Waals surface area contributed by atoms with Gasteiger partial charge in [-0.25, -0.2) is 0 Å². The highest BCUT2D eigenvalue weighted by Crippen LogP contribution is 2.29. The summed E-state index contributed by atoms with van der Waals surface area (Å²) in [7, 11) is 1.56. The smallest absolute Gasteiger partial charge is 0.241 e. The first-order valence-electron chi connectivity index (χ1n) is 5.13. The van der Waals surface area contributed by atoms with E-state index in [1.807, 2.05) is 16.7 Å². The van der Waals surface area contributed by atoms with E-state index in [2.05, 4.69) is 13.8 Å². The van der Waals surface area contributed by atoms with Gasteiger partial charge < -0.3 is 15.4 Å². The molecule has 0 aliphatic carbocycles. The molecule has 15 heavy (non-hydrogen) atoms. The molecule has 1 saturated heterocycles. The molecule has 0 bridgehead atoms. The van der Waals surface area contributed by atoms with Crippen molar-refractivity contribution < 1.29 is 9.53 Å². The summed E-state index contributed by atoms with van der Waals surface area (Å²) in [5.74, 6) is 0.989. The Kier molecular flexibility index (Phi) is 4.43. The van der Waals surface area contributed by atoms with Crippen molar-refractivity contribution >= 4 is 17.7 Å². The molecular formula is C10H20N2O2S. The molecule has 1 fully saturated rings. The van der Waals surface area contributed by atoms with Crippen LogP contribution in [0, 0.1) is 0 Å².